The minimum absolute atomic E-state index is 0.123. The summed E-state index contributed by atoms with van der Waals surface area (Å²) in [6.07, 6.45) is -0.264. The Labute approximate surface area is 220 Å². The number of aliphatic hydroxyl groups excluding tert-OH is 1. The topological polar surface area (TPSA) is 115 Å². The fraction of sp³-hybridized carbons (Fsp3) is 0.448. The van der Waals surface area contributed by atoms with Crippen LogP contribution in [0, 0.1) is 0 Å². The number of carbonyl (C=O) groups excluding carboxylic acids is 2. The largest absolute Gasteiger partial charge is 0.493 e. The predicted molar refractivity (Wildman–Crippen MR) is 135 cm³/mol. The average Bonchev–Trinajstić information content (AvgIpc) is 3.28. The van der Waals surface area contributed by atoms with Crippen molar-refractivity contribution in [2.45, 2.75) is 61.6 Å². The monoisotopic (exact) mass is 521 g/mol. The maximum Gasteiger partial charge on any atom is 0.352 e. The van der Waals surface area contributed by atoms with Crippen LogP contribution >= 0.6 is 0 Å². The van der Waals surface area contributed by atoms with Gasteiger partial charge in [0.2, 0.25) is 0 Å². The minimum Gasteiger partial charge on any atom is -0.493 e. The number of aliphatic hydroxyl groups is 2. The van der Waals surface area contributed by atoms with Gasteiger partial charge >= 0.3 is 11.9 Å². The van der Waals surface area contributed by atoms with Crippen LogP contribution in [0.15, 0.2) is 54.3 Å². The standard InChI is InChI=1S/C29H31NO8/c1-16(36-27(33)23(31)17-7-5-4-6-8-17)26(32)37-20-11-12-29(34)21-15-18-9-10-19(35-3)24-22(18)28(29,25(20)38-24)13-14-30(21)2/h4-11,16,21,23,25,31,34H,12-15H2,1-3H3/t16?,21-,23?,25+,28+,29-/m1/s1. The molecule has 9 heteroatoms. The molecule has 2 bridgehead atoms. The third kappa shape index (κ3) is 3.35. The molecule has 2 aliphatic heterocycles. The zero-order valence-electron chi connectivity index (χ0n) is 21.5. The van der Waals surface area contributed by atoms with Crippen molar-refractivity contribution in [1.29, 1.82) is 0 Å². The molecule has 2 heterocycles. The minimum atomic E-state index is -1.52. The van der Waals surface area contributed by atoms with Gasteiger partial charge in [-0.05, 0) is 56.6 Å². The number of esters is 2. The summed E-state index contributed by atoms with van der Waals surface area (Å²) in [5.41, 5.74) is 0.455. The molecule has 0 saturated carbocycles. The molecule has 2 unspecified atom stereocenters. The molecule has 0 aromatic heterocycles. The van der Waals surface area contributed by atoms with Crippen LogP contribution in [0.25, 0.3) is 0 Å². The number of methoxy groups -OCH3 is 1. The maximum absolute atomic E-state index is 13.1. The SMILES string of the molecule is COc1ccc2c3c1O[C@H]1C(OC(=O)C(C)OC(=O)C(O)c4ccccc4)=CC[C@@]4(O)[C@@H](C2)N(C)CC[C@]314. The van der Waals surface area contributed by atoms with Crippen LogP contribution in [0.2, 0.25) is 0 Å². The van der Waals surface area contributed by atoms with Crippen molar-refractivity contribution in [1.82, 2.24) is 4.90 Å². The van der Waals surface area contributed by atoms with Gasteiger partial charge in [-0.3, -0.25) is 0 Å². The van der Waals surface area contributed by atoms with Gasteiger partial charge in [0.05, 0.1) is 18.1 Å². The van der Waals surface area contributed by atoms with E-state index in [2.05, 4.69) is 4.90 Å². The van der Waals surface area contributed by atoms with Gasteiger partial charge in [-0.2, -0.15) is 0 Å². The van der Waals surface area contributed by atoms with E-state index < -0.39 is 41.3 Å². The molecule has 1 spiro atoms. The second-order valence-corrected chi connectivity index (χ2v) is 10.6. The number of carbonyl (C=O) groups is 2. The summed E-state index contributed by atoms with van der Waals surface area (Å²) in [6.45, 7) is 2.14. The van der Waals surface area contributed by atoms with Gasteiger partial charge in [-0.25, -0.2) is 9.59 Å². The lowest BCUT2D eigenvalue weighted by Gasteiger charge is -2.61. The summed E-state index contributed by atoms with van der Waals surface area (Å²) in [5, 5.41) is 22.6. The maximum atomic E-state index is 13.1. The van der Waals surface area contributed by atoms with Gasteiger partial charge in [0.15, 0.2) is 29.8 Å². The molecular formula is C29H31NO8. The van der Waals surface area contributed by atoms with E-state index in [-0.39, 0.29) is 18.2 Å². The molecule has 2 aromatic carbocycles. The molecule has 4 aliphatic rings. The van der Waals surface area contributed by atoms with Crippen LogP contribution in [0.5, 0.6) is 11.5 Å². The molecule has 1 saturated heterocycles. The van der Waals surface area contributed by atoms with Crippen LogP contribution < -0.4 is 9.47 Å². The van der Waals surface area contributed by atoms with Crippen LogP contribution in [0.3, 0.4) is 0 Å². The number of ether oxygens (including phenoxy) is 4. The summed E-state index contributed by atoms with van der Waals surface area (Å²) < 4.78 is 23.1. The van der Waals surface area contributed by atoms with Crippen molar-refractivity contribution in [3.8, 4) is 11.5 Å². The fourth-order valence-corrected chi connectivity index (χ4v) is 6.85. The molecule has 2 aromatic rings. The number of rotatable bonds is 6. The van der Waals surface area contributed by atoms with Crippen molar-refractivity contribution in [3.05, 3.63) is 71.0 Å². The average molecular weight is 522 g/mol. The number of likely N-dealkylation sites (tertiary alicyclic amines) is 1. The first kappa shape index (κ1) is 24.9. The second kappa shape index (κ2) is 8.83. The van der Waals surface area contributed by atoms with E-state index in [4.69, 9.17) is 18.9 Å². The number of piperidine rings is 1. The molecular weight excluding hydrogens is 490 g/mol. The van der Waals surface area contributed by atoms with E-state index in [1.165, 1.54) is 6.92 Å². The van der Waals surface area contributed by atoms with Gasteiger partial charge in [0.1, 0.15) is 5.76 Å². The summed E-state index contributed by atoms with van der Waals surface area (Å²) in [5.74, 6) is -0.323. The van der Waals surface area contributed by atoms with Crippen LogP contribution in [-0.2, 0) is 30.9 Å². The number of hydrogen-bond acceptors (Lipinski definition) is 9. The molecule has 9 nitrogen and oxygen atoms in total. The van der Waals surface area contributed by atoms with Gasteiger partial charge in [-0.15, -0.1) is 0 Å². The zero-order chi connectivity index (χ0) is 26.8. The highest BCUT2D eigenvalue weighted by Gasteiger charge is 2.72. The Hall–Kier alpha value is -3.40. The van der Waals surface area contributed by atoms with Crippen LogP contribution in [0.1, 0.15) is 42.6 Å². The summed E-state index contributed by atoms with van der Waals surface area (Å²) >= 11 is 0. The first-order valence-corrected chi connectivity index (χ1v) is 12.9. The van der Waals surface area contributed by atoms with Gasteiger partial charge in [-0.1, -0.05) is 36.4 Å². The van der Waals surface area contributed by atoms with E-state index in [1.54, 1.807) is 43.5 Å². The van der Waals surface area contributed by atoms with Crippen molar-refractivity contribution in [3.63, 3.8) is 0 Å². The molecule has 0 radical (unpaired) electrons. The Morgan fingerprint density at radius 1 is 1.16 bits per heavy atom. The Morgan fingerprint density at radius 3 is 2.66 bits per heavy atom. The van der Waals surface area contributed by atoms with Crippen LogP contribution in [-0.4, -0.2) is 71.6 Å². The number of benzene rings is 2. The summed E-state index contributed by atoms with van der Waals surface area (Å²) in [6, 6.07) is 12.1. The quantitative estimate of drug-likeness (QED) is 0.552. The molecule has 0 amide bonds. The molecule has 6 rings (SSSR count). The molecule has 2 N–H and O–H groups in total. The molecule has 1 fully saturated rings. The first-order chi connectivity index (χ1) is 18.2. The number of likely N-dealkylation sites (N-methyl/N-ethyl adjacent to an activating group) is 1. The van der Waals surface area contributed by atoms with Crippen molar-refractivity contribution < 1.29 is 38.7 Å². The van der Waals surface area contributed by atoms with E-state index in [1.807, 2.05) is 19.2 Å². The van der Waals surface area contributed by atoms with Crippen molar-refractivity contribution in [2.24, 2.45) is 0 Å². The highest BCUT2D eigenvalue weighted by atomic mass is 16.6. The van der Waals surface area contributed by atoms with Gasteiger partial charge in [0, 0.05) is 18.0 Å². The van der Waals surface area contributed by atoms with E-state index in [9.17, 15) is 19.8 Å². The first-order valence-electron chi connectivity index (χ1n) is 12.9. The van der Waals surface area contributed by atoms with E-state index in [0.29, 0.717) is 29.9 Å². The Kier molecular flexibility index (Phi) is 5.79. The number of hydrogen-bond donors (Lipinski definition) is 2. The lowest BCUT2D eigenvalue weighted by Crippen LogP contribution is -2.74. The fourth-order valence-electron chi connectivity index (χ4n) is 6.85. The normalized spacial score (nSPS) is 30.3. The van der Waals surface area contributed by atoms with Gasteiger partial charge in [0.25, 0.3) is 0 Å². The molecule has 2 aliphatic carbocycles. The van der Waals surface area contributed by atoms with Crippen molar-refractivity contribution in [2.75, 3.05) is 20.7 Å². The zero-order valence-corrected chi connectivity index (χ0v) is 21.5. The Bertz CT molecular complexity index is 1330. The highest BCUT2D eigenvalue weighted by Crippen LogP contribution is 2.65. The lowest BCUT2D eigenvalue weighted by atomic mass is 9.50. The van der Waals surface area contributed by atoms with Crippen molar-refractivity contribution >= 4 is 11.9 Å². The molecule has 38 heavy (non-hydrogen) atoms. The Morgan fingerprint density at radius 2 is 1.92 bits per heavy atom. The molecule has 200 valence electrons. The molecule has 6 atom stereocenters. The van der Waals surface area contributed by atoms with Crippen LogP contribution in [0.4, 0.5) is 0 Å². The summed E-state index contributed by atoms with van der Waals surface area (Å²) in [4.78, 5) is 27.8. The summed E-state index contributed by atoms with van der Waals surface area (Å²) in [7, 11) is 3.60. The third-order valence-electron chi connectivity index (χ3n) is 8.74. The van der Waals surface area contributed by atoms with E-state index >= 15 is 0 Å². The predicted octanol–water partition coefficient (Wildman–Crippen LogP) is 2.18. The second-order valence-electron chi connectivity index (χ2n) is 10.6. The Balaban J connectivity index is 1.28. The third-order valence-corrected chi connectivity index (χ3v) is 8.74. The lowest BCUT2D eigenvalue weighted by molar-refractivity contribution is -0.178. The van der Waals surface area contributed by atoms with E-state index in [0.717, 1.165) is 17.7 Å². The smallest absolute Gasteiger partial charge is 0.352 e. The number of nitrogens with zero attached hydrogens (tertiary/aromatic N) is 1. The highest BCUT2D eigenvalue weighted by molar-refractivity contribution is 5.82. The van der Waals surface area contributed by atoms with Gasteiger partial charge < -0.3 is 34.1 Å².